The summed E-state index contributed by atoms with van der Waals surface area (Å²) in [4.78, 5) is 10.9. The molecule has 0 saturated carbocycles. The molecule has 0 heterocycles. The fourth-order valence-electron chi connectivity index (χ4n) is 3.48. The van der Waals surface area contributed by atoms with Crippen LogP contribution in [0.4, 0.5) is 0 Å². The van der Waals surface area contributed by atoms with E-state index in [9.17, 15) is 9.90 Å². The van der Waals surface area contributed by atoms with E-state index in [1.54, 1.807) is 0 Å². The minimum Gasteiger partial charge on any atom is -0.463 e. The molecule has 178 valence electrons. The minimum absolute atomic E-state index is 0.380. The van der Waals surface area contributed by atoms with Crippen molar-refractivity contribution in [1.82, 2.24) is 0 Å². The van der Waals surface area contributed by atoms with E-state index in [1.165, 1.54) is 76.8 Å². The third kappa shape index (κ3) is 20.4. The highest BCUT2D eigenvalue weighted by molar-refractivity contribution is 5.81. The summed E-state index contributed by atoms with van der Waals surface area (Å²) in [5.74, 6) is -0.384. The number of quaternary nitrogens is 1. The topological polar surface area (TPSA) is 55.8 Å². The van der Waals surface area contributed by atoms with Crippen LogP contribution in [0.3, 0.4) is 0 Å². The van der Waals surface area contributed by atoms with Gasteiger partial charge in [-0.3, -0.25) is 0 Å². The number of carbonyl (C=O) groups excluding carboxylic acids is 1. The Morgan fingerprint density at radius 2 is 1.47 bits per heavy atom. The Bertz CT molecular complexity index is 412. The molecule has 0 amide bonds. The third-order valence-electron chi connectivity index (χ3n) is 5.59. The van der Waals surface area contributed by atoms with Crippen molar-refractivity contribution >= 4 is 5.97 Å². The number of hydrogen-bond acceptors (Lipinski definition) is 4. The number of hydrogen-bond donors (Lipinski definition) is 1. The SMILES string of the molecule is C=CC(=O)OCCCCOCC(O)CC[N+](C)(C)CCCCCCCCCCCC. The van der Waals surface area contributed by atoms with Crippen molar-refractivity contribution in [3.05, 3.63) is 12.7 Å². The number of ether oxygens (including phenoxy) is 2. The fraction of sp³-hybridized carbons (Fsp3) is 0.880. The Hall–Kier alpha value is -0.910. The number of unbranched alkanes of at least 4 members (excludes halogenated alkanes) is 10. The molecule has 5 nitrogen and oxygen atoms in total. The lowest BCUT2D eigenvalue weighted by molar-refractivity contribution is -0.891. The third-order valence-corrected chi connectivity index (χ3v) is 5.59. The standard InChI is InChI=1S/C25H50NO4/c1-5-7-8-9-10-11-12-13-14-15-19-26(3,4)20-18-24(27)23-29-21-16-17-22-30-25(28)6-2/h6,24,27H,2,5,7-23H2,1,3-4H3/q+1. The average molecular weight is 429 g/mol. The highest BCUT2D eigenvalue weighted by Gasteiger charge is 2.17. The smallest absolute Gasteiger partial charge is 0.330 e. The zero-order valence-electron chi connectivity index (χ0n) is 20.2. The van der Waals surface area contributed by atoms with Gasteiger partial charge >= 0.3 is 5.97 Å². The van der Waals surface area contributed by atoms with Crippen LogP contribution in [0.5, 0.6) is 0 Å². The molecule has 0 bridgehead atoms. The van der Waals surface area contributed by atoms with Gasteiger partial charge in [-0.1, -0.05) is 64.9 Å². The van der Waals surface area contributed by atoms with Crippen molar-refractivity contribution in [3.63, 3.8) is 0 Å². The molecule has 0 aliphatic rings. The minimum atomic E-state index is -0.409. The van der Waals surface area contributed by atoms with Crippen LogP contribution in [0.1, 0.15) is 90.4 Å². The van der Waals surface area contributed by atoms with Crippen molar-refractivity contribution in [3.8, 4) is 0 Å². The first-order chi connectivity index (χ1) is 14.4. The van der Waals surface area contributed by atoms with Gasteiger partial charge < -0.3 is 19.1 Å². The zero-order chi connectivity index (χ0) is 22.5. The lowest BCUT2D eigenvalue weighted by atomic mass is 10.1. The van der Waals surface area contributed by atoms with Crippen LogP contribution in [0.25, 0.3) is 0 Å². The summed E-state index contributed by atoms with van der Waals surface area (Å²) >= 11 is 0. The van der Waals surface area contributed by atoms with E-state index in [-0.39, 0.29) is 5.97 Å². The second-order valence-corrected chi connectivity index (χ2v) is 9.16. The van der Waals surface area contributed by atoms with Crippen molar-refractivity contribution < 1.29 is 23.9 Å². The van der Waals surface area contributed by atoms with Crippen LogP contribution in [0.15, 0.2) is 12.7 Å². The van der Waals surface area contributed by atoms with E-state index < -0.39 is 6.10 Å². The predicted octanol–water partition coefficient (Wildman–Crippen LogP) is 5.26. The summed E-state index contributed by atoms with van der Waals surface area (Å²) in [7, 11) is 4.51. The molecule has 30 heavy (non-hydrogen) atoms. The Labute approximate surface area is 186 Å². The van der Waals surface area contributed by atoms with Crippen LogP contribution < -0.4 is 0 Å². The highest BCUT2D eigenvalue weighted by atomic mass is 16.5. The number of carbonyl (C=O) groups is 1. The van der Waals surface area contributed by atoms with Gasteiger partial charge in [0.15, 0.2) is 0 Å². The summed E-state index contributed by atoms with van der Waals surface area (Å²) in [6.07, 6.45) is 16.8. The van der Waals surface area contributed by atoms with Crippen LogP contribution >= 0.6 is 0 Å². The molecule has 0 fully saturated rings. The number of rotatable bonds is 22. The molecule has 0 rings (SSSR count). The number of aliphatic hydroxyl groups is 1. The van der Waals surface area contributed by atoms with Crippen molar-refractivity contribution in [2.45, 2.75) is 96.5 Å². The lowest BCUT2D eigenvalue weighted by Gasteiger charge is -2.30. The second kappa shape index (κ2) is 20.0. The summed E-state index contributed by atoms with van der Waals surface area (Å²) in [5.41, 5.74) is 0. The van der Waals surface area contributed by atoms with E-state index in [2.05, 4.69) is 27.6 Å². The van der Waals surface area contributed by atoms with Crippen molar-refractivity contribution in [2.75, 3.05) is 47.0 Å². The molecular weight excluding hydrogens is 378 g/mol. The van der Waals surface area contributed by atoms with Gasteiger partial charge in [0, 0.05) is 19.1 Å². The first kappa shape index (κ1) is 29.1. The first-order valence-electron chi connectivity index (χ1n) is 12.3. The molecule has 0 radical (unpaired) electrons. The fourth-order valence-corrected chi connectivity index (χ4v) is 3.48. The van der Waals surface area contributed by atoms with E-state index >= 15 is 0 Å². The molecule has 0 aromatic rings. The van der Waals surface area contributed by atoms with Gasteiger partial charge in [0.25, 0.3) is 0 Å². The Morgan fingerprint density at radius 1 is 0.900 bits per heavy atom. The quantitative estimate of drug-likeness (QED) is 0.111. The van der Waals surface area contributed by atoms with E-state index in [0.717, 1.165) is 30.3 Å². The van der Waals surface area contributed by atoms with Gasteiger partial charge in [-0.2, -0.15) is 0 Å². The summed E-state index contributed by atoms with van der Waals surface area (Å²) in [6, 6.07) is 0. The Kier molecular flexibility index (Phi) is 19.4. The number of nitrogens with zero attached hydrogens (tertiary/aromatic N) is 1. The van der Waals surface area contributed by atoms with Crippen molar-refractivity contribution in [1.29, 1.82) is 0 Å². The molecule has 1 unspecified atom stereocenters. The Morgan fingerprint density at radius 3 is 2.07 bits per heavy atom. The van der Waals surface area contributed by atoms with Gasteiger partial charge in [-0.25, -0.2) is 4.79 Å². The maximum atomic E-state index is 10.9. The normalized spacial score (nSPS) is 12.7. The van der Waals surface area contributed by atoms with Gasteiger partial charge in [0.05, 0.1) is 46.5 Å². The molecule has 1 N–H and O–H groups in total. The molecule has 0 spiro atoms. The number of esters is 1. The molecule has 0 aromatic heterocycles. The average Bonchev–Trinajstić information content (AvgIpc) is 2.72. The van der Waals surface area contributed by atoms with E-state index in [4.69, 9.17) is 9.47 Å². The number of aliphatic hydroxyl groups excluding tert-OH is 1. The van der Waals surface area contributed by atoms with E-state index in [1.807, 2.05) is 0 Å². The van der Waals surface area contributed by atoms with Gasteiger partial charge in [0.1, 0.15) is 0 Å². The Balaban J connectivity index is 3.52. The predicted molar refractivity (Wildman–Crippen MR) is 126 cm³/mol. The maximum absolute atomic E-state index is 10.9. The van der Waals surface area contributed by atoms with Gasteiger partial charge in [-0.05, 0) is 25.7 Å². The molecule has 0 saturated heterocycles. The van der Waals surface area contributed by atoms with E-state index in [0.29, 0.717) is 19.8 Å². The van der Waals surface area contributed by atoms with Crippen LogP contribution in [-0.2, 0) is 14.3 Å². The van der Waals surface area contributed by atoms with Crippen LogP contribution in [-0.4, -0.2) is 68.7 Å². The summed E-state index contributed by atoms with van der Waals surface area (Å²) in [6.45, 7) is 9.12. The van der Waals surface area contributed by atoms with Crippen LogP contribution in [0.2, 0.25) is 0 Å². The molecule has 1 atom stereocenters. The largest absolute Gasteiger partial charge is 0.463 e. The summed E-state index contributed by atoms with van der Waals surface area (Å²) < 4.78 is 11.4. The van der Waals surface area contributed by atoms with Crippen LogP contribution in [0, 0.1) is 0 Å². The summed E-state index contributed by atoms with van der Waals surface area (Å²) in [5, 5.41) is 10.2. The molecular formula is C25H50NO4+. The van der Waals surface area contributed by atoms with Crippen molar-refractivity contribution in [2.24, 2.45) is 0 Å². The second-order valence-electron chi connectivity index (χ2n) is 9.16. The lowest BCUT2D eigenvalue weighted by Crippen LogP contribution is -2.42. The molecule has 0 aliphatic heterocycles. The van der Waals surface area contributed by atoms with Gasteiger partial charge in [-0.15, -0.1) is 0 Å². The first-order valence-corrected chi connectivity index (χ1v) is 12.3. The molecule has 0 aromatic carbocycles. The molecule has 0 aliphatic carbocycles. The zero-order valence-corrected chi connectivity index (χ0v) is 20.2. The van der Waals surface area contributed by atoms with Gasteiger partial charge in [0.2, 0.25) is 0 Å². The molecule has 5 heteroatoms. The highest BCUT2D eigenvalue weighted by Crippen LogP contribution is 2.12. The monoisotopic (exact) mass is 428 g/mol. The maximum Gasteiger partial charge on any atom is 0.330 e.